The number of hydrogen-bond donors (Lipinski definition) is 1. The van der Waals surface area contributed by atoms with E-state index in [0.29, 0.717) is 15.6 Å². The van der Waals surface area contributed by atoms with Gasteiger partial charge in [0.1, 0.15) is 21.8 Å². The van der Waals surface area contributed by atoms with Crippen molar-refractivity contribution < 1.29 is 35.9 Å². The second-order valence-electron chi connectivity index (χ2n) is 7.75. The highest BCUT2D eigenvalue weighted by Gasteiger charge is 2.39. The Labute approximate surface area is 214 Å². The zero-order valence-electron chi connectivity index (χ0n) is 18.5. The Balaban J connectivity index is 1.41. The van der Waals surface area contributed by atoms with E-state index in [4.69, 9.17) is 21.1 Å². The van der Waals surface area contributed by atoms with Gasteiger partial charge in [-0.3, -0.25) is 4.79 Å². The van der Waals surface area contributed by atoms with Crippen molar-refractivity contribution in [2.45, 2.75) is 23.0 Å². The molecule has 0 radical (unpaired) electrons. The van der Waals surface area contributed by atoms with Gasteiger partial charge in [-0.25, -0.2) is 8.42 Å². The summed E-state index contributed by atoms with van der Waals surface area (Å²) in [5, 5.41) is 2.71. The third-order valence-corrected chi connectivity index (χ3v) is 8.88. The molecule has 1 aromatic heterocycles. The molecule has 1 aliphatic heterocycles. The van der Waals surface area contributed by atoms with Crippen molar-refractivity contribution in [3.8, 4) is 11.5 Å². The van der Waals surface area contributed by atoms with Crippen molar-refractivity contribution in [3.05, 3.63) is 76.1 Å². The smallest absolute Gasteiger partial charge is 0.416 e. The van der Waals surface area contributed by atoms with Crippen LogP contribution in [0.5, 0.6) is 11.5 Å². The van der Waals surface area contributed by atoms with Gasteiger partial charge in [-0.1, -0.05) is 23.7 Å². The largest absolute Gasteiger partial charge is 0.457 e. The number of ether oxygens (including phenoxy) is 2. The van der Waals surface area contributed by atoms with Crippen LogP contribution in [0.3, 0.4) is 0 Å². The molecule has 0 spiro atoms. The standard InChI is InChI=1S/C23H20ClF3N2O5S2/c24-20-8-9-21(35-20)36(31,32)29-10-11-33-14-19(29)22(30)28-13-15-2-1-3-18(12-15)34-17-6-4-16(5-7-17)23(25,26)27/h1-9,12,19H,10-11,13-14H2,(H,28,30). The van der Waals surface area contributed by atoms with Gasteiger partial charge >= 0.3 is 6.18 Å². The second-order valence-corrected chi connectivity index (χ2v) is 11.6. The van der Waals surface area contributed by atoms with E-state index in [1.54, 1.807) is 24.3 Å². The maximum Gasteiger partial charge on any atom is 0.416 e. The first kappa shape index (κ1) is 26.4. The predicted molar refractivity (Wildman–Crippen MR) is 128 cm³/mol. The Morgan fingerprint density at radius 1 is 1.14 bits per heavy atom. The second kappa shape index (κ2) is 10.8. The Kier molecular flexibility index (Phi) is 7.90. The molecule has 192 valence electrons. The number of thiophene rings is 1. The van der Waals surface area contributed by atoms with Crippen LogP contribution in [0, 0.1) is 0 Å². The number of sulfonamides is 1. The summed E-state index contributed by atoms with van der Waals surface area (Å²) in [5.74, 6) is 0.0503. The molecule has 1 aliphatic rings. The first-order chi connectivity index (χ1) is 17.0. The first-order valence-corrected chi connectivity index (χ1v) is 13.2. The number of benzene rings is 2. The molecule has 0 saturated carbocycles. The van der Waals surface area contributed by atoms with E-state index in [1.807, 2.05) is 0 Å². The molecule has 1 N–H and O–H groups in total. The molecular formula is C23H20ClF3N2O5S2. The van der Waals surface area contributed by atoms with Crippen LogP contribution in [0.4, 0.5) is 13.2 Å². The summed E-state index contributed by atoms with van der Waals surface area (Å²) in [5.41, 5.74) is -0.139. The summed E-state index contributed by atoms with van der Waals surface area (Å²) in [7, 11) is -3.94. The first-order valence-electron chi connectivity index (χ1n) is 10.6. The molecule has 13 heteroatoms. The van der Waals surface area contributed by atoms with Crippen LogP contribution in [-0.2, 0) is 32.3 Å². The van der Waals surface area contributed by atoms with Crippen LogP contribution in [-0.4, -0.2) is 44.4 Å². The van der Waals surface area contributed by atoms with E-state index >= 15 is 0 Å². The molecule has 2 heterocycles. The summed E-state index contributed by atoms with van der Waals surface area (Å²) in [6, 6.07) is 12.7. The lowest BCUT2D eigenvalue weighted by molar-refractivity contribution is -0.137. The number of carbonyl (C=O) groups is 1. The zero-order chi connectivity index (χ0) is 25.9. The lowest BCUT2D eigenvalue weighted by Crippen LogP contribution is -2.55. The van der Waals surface area contributed by atoms with Crippen molar-refractivity contribution >= 4 is 38.9 Å². The average molecular weight is 561 g/mol. The number of carbonyl (C=O) groups excluding carboxylic acids is 1. The van der Waals surface area contributed by atoms with Crippen LogP contribution in [0.1, 0.15) is 11.1 Å². The molecule has 1 saturated heterocycles. The summed E-state index contributed by atoms with van der Waals surface area (Å²) < 4.78 is 76.8. The molecule has 7 nitrogen and oxygen atoms in total. The van der Waals surface area contributed by atoms with Crippen LogP contribution < -0.4 is 10.1 Å². The third-order valence-electron chi connectivity index (χ3n) is 5.28. The van der Waals surface area contributed by atoms with Crippen LogP contribution in [0.25, 0.3) is 0 Å². The minimum absolute atomic E-state index is 0.0202. The Morgan fingerprint density at radius 3 is 2.56 bits per heavy atom. The molecule has 1 fully saturated rings. The summed E-state index contributed by atoms with van der Waals surface area (Å²) in [6.45, 7) is 0.150. The Morgan fingerprint density at radius 2 is 1.89 bits per heavy atom. The van der Waals surface area contributed by atoms with Gasteiger partial charge in [0.05, 0.1) is 23.1 Å². The minimum Gasteiger partial charge on any atom is -0.457 e. The van der Waals surface area contributed by atoms with Crippen LogP contribution in [0.2, 0.25) is 4.34 Å². The van der Waals surface area contributed by atoms with Crippen molar-refractivity contribution in [3.63, 3.8) is 0 Å². The van der Waals surface area contributed by atoms with Crippen LogP contribution in [0.15, 0.2) is 64.9 Å². The number of alkyl halides is 3. The van der Waals surface area contributed by atoms with Gasteiger partial charge in [0.25, 0.3) is 10.0 Å². The highest BCUT2D eigenvalue weighted by molar-refractivity contribution is 7.91. The lowest BCUT2D eigenvalue weighted by atomic mass is 10.2. The van der Waals surface area contributed by atoms with E-state index in [1.165, 1.54) is 24.3 Å². The fraction of sp³-hybridized carbons (Fsp3) is 0.261. The predicted octanol–water partition coefficient (Wildman–Crippen LogP) is 4.92. The van der Waals surface area contributed by atoms with E-state index in [2.05, 4.69) is 5.32 Å². The summed E-state index contributed by atoms with van der Waals surface area (Å²) >= 11 is 6.80. The van der Waals surface area contributed by atoms with Gasteiger partial charge in [-0.05, 0) is 54.1 Å². The van der Waals surface area contributed by atoms with Crippen molar-refractivity contribution in [2.75, 3.05) is 19.8 Å². The minimum atomic E-state index is -4.44. The van der Waals surface area contributed by atoms with E-state index < -0.39 is 33.7 Å². The molecule has 0 aliphatic carbocycles. The maximum atomic E-state index is 13.0. The SMILES string of the molecule is O=C(NCc1cccc(Oc2ccc(C(F)(F)F)cc2)c1)C1COCCN1S(=O)(=O)c1ccc(Cl)s1. The van der Waals surface area contributed by atoms with E-state index in [0.717, 1.165) is 27.8 Å². The fourth-order valence-corrected chi connectivity index (χ4v) is 6.68. The van der Waals surface area contributed by atoms with Crippen molar-refractivity contribution in [1.29, 1.82) is 0 Å². The van der Waals surface area contributed by atoms with E-state index in [-0.39, 0.29) is 36.3 Å². The van der Waals surface area contributed by atoms with Gasteiger partial charge in [0.15, 0.2) is 0 Å². The number of morpholine rings is 1. The third kappa shape index (κ3) is 6.19. The summed E-state index contributed by atoms with van der Waals surface area (Å²) in [6.07, 6.45) is -4.44. The molecule has 4 rings (SSSR count). The average Bonchev–Trinajstić information content (AvgIpc) is 3.30. The van der Waals surface area contributed by atoms with Gasteiger partial charge in [0.2, 0.25) is 5.91 Å². The summed E-state index contributed by atoms with van der Waals surface area (Å²) in [4.78, 5) is 12.9. The normalized spacial score (nSPS) is 17.1. The number of halogens is 4. The van der Waals surface area contributed by atoms with E-state index in [9.17, 15) is 26.4 Å². The van der Waals surface area contributed by atoms with Crippen LogP contribution >= 0.6 is 22.9 Å². The number of nitrogens with one attached hydrogen (secondary N) is 1. The molecule has 36 heavy (non-hydrogen) atoms. The molecule has 2 aromatic carbocycles. The lowest BCUT2D eigenvalue weighted by Gasteiger charge is -2.33. The van der Waals surface area contributed by atoms with Crippen molar-refractivity contribution in [1.82, 2.24) is 9.62 Å². The highest BCUT2D eigenvalue weighted by atomic mass is 35.5. The van der Waals surface area contributed by atoms with Crippen molar-refractivity contribution in [2.24, 2.45) is 0 Å². The number of hydrogen-bond acceptors (Lipinski definition) is 6. The fourth-order valence-electron chi connectivity index (χ4n) is 3.51. The Bertz CT molecular complexity index is 1330. The van der Waals surface area contributed by atoms with Gasteiger partial charge < -0.3 is 14.8 Å². The molecule has 1 atom stereocenters. The number of amides is 1. The molecule has 1 unspecified atom stereocenters. The number of rotatable bonds is 7. The molecule has 1 amide bonds. The zero-order valence-corrected chi connectivity index (χ0v) is 20.9. The molecule has 3 aromatic rings. The van der Waals surface area contributed by atoms with Gasteiger partial charge in [-0.2, -0.15) is 17.5 Å². The maximum absolute atomic E-state index is 13.0. The number of nitrogens with zero attached hydrogens (tertiary/aromatic N) is 1. The Hall–Kier alpha value is -2.64. The molecule has 0 bridgehead atoms. The highest BCUT2D eigenvalue weighted by Crippen LogP contribution is 2.32. The topological polar surface area (TPSA) is 84.9 Å². The van der Waals surface area contributed by atoms with Gasteiger partial charge in [0, 0.05) is 13.1 Å². The molecular weight excluding hydrogens is 541 g/mol. The van der Waals surface area contributed by atoms with Gasteiger partial charge in [-0.15, -0.1) is 11.3 Å². The monoisotopic (exact) mass is 560 g/mol. The quantitative estimate of drug-likeness (QED) is 0.443.